The van der Waals surface area contributed by atoms with Crippen LogP contribution in [0.2, 0.25) is 0 Å². The lowest BCUT2D eigenvalue weighted by atomic mass is 10.0. The maximum atomic E-state index is 11.4. The summed E-state index contributed by atoms with van der Waals surface area (Å²) in [6.45, 7) is 1.81. The van der Waals surface area contributed by atoms with Crippen LogP contribution in [0.15, 0.2) is 0 Å². The summed E-state index contributed by atoms with van der Waals surface area (Å²) >= 11 is 0. The van der Waals surface area contributed by atoms with E-state index in [9.17, 15) is 4.79 Å². The summed E-state index contributed by atoms with van der Waals surface area (Å²) in [4.78, 5) is 16.2. The molecule has 144 valence electrons. The molecule has 0 aliphatic rings. The molecule has 0 radical (unpaired) electrons. The number of rotatable bonds is 18. The minimum absolute atomic E-state index is 0.0825. The SMILES string of the molecule is CCCCCCCCCCCCCCCC(=O)NOCC(O)CO. The molecule has 0 aliphatic carbocycles. The van der Waals surface area contributed by atoms with E-state index in [1.54, 1.807) is 0 Å². The van der Waals surface area contributed by atoms with E-state index in [1.807, 2.05) is 0 Å². The number of aliphatic hydroxyl groups is 2. The van der Waals surface area contributed by atoms with Crippen molar-refractivity contribution in [1.82, 2.24) is 5.48 Å². The highest BCUT2D eigenvalue weighted by molar-refractivity contribution is 5.74. The van der Waals surface area contributed by atoms with Crippen LogP contribution in [0.5, 0.6) is 0 Å². The van der Waals surface area contributed by atoms with Gasteiger partial charge in [0.1, 0.15) is 12.7 Å². The summed E-state index contributed by atoms with van der Waals surface area (Å²) in [5.74, 6) is -0.164. The predicted octanol–water partition coefficient (Wildman–Crippen LogP) is 3.87. The first-order chi connectivity index (χ1) is 11.7. The minimum Gasteiger partial charge on any atom is -0.394 e. The third kappa shape index (κ3) is 17.7. The molecular formula is C19H39NO4. The zero-order valence-electron chi connectivity index (χ0n) is 15.6. The van der Waals surface area contributed by atoms with Crippen molar-refractivity contribution in [1.29, 1.82) is 0 Å². The average molecular weight is 346 g/mol. The normalized spacial score (nSPS) is 12.3. The average Bonchev–Trinajstić information content (AvgIpc) is 2.58. The van der Waals surface area contributed by atoms with Gasteiger partial charge in [-0.05, 0) is 6.42 Å². The van der Waals surface area contributed by atoms with Gasteiger partial charge in [0, 0.05) is 6.42 Å². The molecule has 0 spiro atoms. The molecule has 0 heterocycles. The zero-order chi connectivity index (χ0) is 17.9. The number of hydrogen-bond acceptors (Lipinski definition) is 4. The smallest absolute Gasteiger partial charge is 0.243 e. The summed E-state index contributed by atoms with van der Waals surface area (Å²) in [5, 5.41) is 17.6. The molecule has 1 atom stereocenters. The van der Waals surface area contributed by atoms with Crippen molar-refractivity contribution in [2.24, 2.45) is 0 Å². The Labute approximate surface area is 148 Å². The summed E-state index contributed by atoms with van der Waals surface area (Å²) in [6, 6.07) is 0. The molecule has 0 aromatic rings. The Morgan fingerprint density at radius 2 is 1.33 bits per heavy atom. The standard InChI is InChI=1S/C19H39NO4/c1-2-3-4-5-6-7-8-9-10-11-12-13-14-15-19(23)20-24-17-18(22)16-21/h18,21-22H,2-17H2,1H3,(H,20,23). The quantitative estimate of drug-likeness (QED) is 0.260. The first-order valence-corrected chi connectivity index (χ1v) is 9.90. The van der Waals surface area contributed by atoms with Gasteiger partial charge in [0.2, 0.25) is 5.91 Å². The van der Waals surface area contributed by atoms with Gasteiger partial charge in [0.25, 0.3) is 0 Å². The van der Waals surface area contributed by atoms with E-state index in [1.165, 1.54) is 70.6 Å². The van der Waals surface area contributed by atoms with Crippen LogP contribution in [0.1, 0.15) is 96.8 Å². The number of nitrogens with one attached hydrogen (secondary N) is 1. The lowest BCUT2D eigenvalue weighted by Crippen LogP contribution is -2.29. The van der Waals surface area contributed by atoms with Gasteiger partial charge in [-0.25, -0.2) is 5.48 Å². The van der Waals surface area contributed by atoms with E-state index in [0.29, 0.717) is 6.42 Å². The first kappa shape index (κ1) is 23.4. The van der Waals surface area contributed by atoms with Gasteiger partial charge in [-0.2, -0.15) is 0 Å². The van der Waals surface area contributed by atoms with Gasteiger partial charge in [0.15, 0.2) is 0 Å². The van der Waals surface area contributed by atoms with Crippen molar-refractivity contribution in [3.05, 3.63) is 0 Å². The molecule has 5 heteroatoms. The molecule has 0 rings (SSSR count). The van der Waals surface area contributed by atoms with Crippen LogP contribution < -0.4 is 5.48 Å². The third-order valence-corrected chi connectivity index (χ3v) is 4.18. The summed E-state index contributed by atoms with van der Waals surface area (Å²) in [7, 11) is 0. The van der Waals surface area contributed by atoms with E-state index in [0.717, 1.165) is 12.8 Å². The summed E-state index contributed by atoms with van der Waals surface area (Å²) < 4.78 is 0. The maximum absolute atomic E-state index is 11.4. The fourth-order valence-corrected chi connectivity index (χ4v) is 2.63. The second-order valence-electron chi connectivity index (χ2n) is 6.67. The number of hydrogen-bond donors (Lipinski definition) is 3. The Hall–Kier alpha value is -0.650. The van der Waals surface area contributed by atoms with Crippen LogP contribution in [0, 0.1) is 0 Å². The number of carbonyl (C=O) groups is 1. The number of hydroxylamine groups is 1. The molecule has 1 unspecified atom stereocenters. The monoisotopic (exact) mass is 345 g/mol. The minimum atomic E-state index is -0.943. The molecule has 3 N–H and O–H groups in total. The zero-order valence-corrected chi connectivity index (χ0v) is 15.6. The third-order valence-electron chi connectivity index (χ3n) is 4.18. The molecule has 0 saturated carbocycles. The number of amides is 1. The Bertz CT molecular complexity index is 274. The van der Waals surface area contributed by atoms with Gasteiger partial charge in [-0.15, -0.1) is 0 Å². The van der Waals surface area contributed by atoms with Gasteiger partial charge in [-0.1, -0.05) is 84.0 Å². The molecule has 5 nitrogen and oxygen atoms in total. The molecule has 0 fully saturated rings. The Kier molecular flexibility index (Phi) is 18.2. The Balaban J connectivity index is 3.15. The van der Waals surface area contributed by atoms with Crippen molar-refractivity contribution in [3.8, 4) is 0 Å². The van der Waals surface area contributed by atoms with E-state index < -0.39 is 6.10 Å². The van der Waals surface area contributed by atoms with E-state index in [4.69, 9.17) is 15.1 Å². The van der Waals surface area contributed by atoms with Gasteiger partial charge >= 0.3 is 0 Å². The first-order valence-electron chi connectivity index (χ1n) is 9.90. The lowest BCUT2D eigenvalue weighted by molar-refractivity contribution is -0.136. The molecule has 24 heavy (non-hydrogen) atoms. The van der Waals surface area contributed by atoms with Crippen LogP contribution in [0.4, 0.5) is 0 Å². The van der Waals surface area contributed by atoms with Crippen molar-refractivity contribution < 1.29 is 19.8 Å². The van der Waals surface area contributed by atoms with Gasteiger partial charge in [-0.3, -0.25) is 9.63 Å². The molecule has 0 bridgehead atoms. The molecular weight excluding hydrogens is 306 g/mol. The van der Waals surface area contributed by atoms with Crippen LogP contribution >= 0.6 is 0 Å². The summed E-state index contributed by atoms with van der Waals surface area (Å²) in [5.41, 5.74) is 2.28. The second-order valence-corrected chi connectivity index (χ2v) is 6.67. The summed E-state index contributed by atoms with van der Waals surface area (Å²) in [6.07, 6.45) is 16.2. The topological polar surface area (TPSA) is 78.8 Å². The fourth-order valence-electron chi connectivity index (χ4n) is 2.63. The number of carbonyl (C=O) groups excluding carboxylic acids is 1. The second kappa shape index (κ2) is 18.7. The molecule has 0 saturated heterocycles. The largest absolute Gasteiger partial charge is 0.394 e. The van der Waals surface area contributed by atoms with Crippen molar-refractivity contribution in [3.63, 3.8) is 0 Å². The Morgan fingerprint density at radius 1 is 0.875 bits per heavy atom. The molecule has 0 aromatic heterocycles. The number of aliphatic hydroxyl groups excluding tert-OH is 2. The number of unbranched alkanes of at least 4 members (excludes halogenated alkanes) is 12. The van der Waals surface area contributed by atoms with Gasteiger partial charge in [0.05, 0.1) is 6.61 Å². The van der Waals surface area contributed by atoms with Crippen LogP contribution in [0.25, 0.3) is 0 Å². The van der Waals surface area contributed by atoms with Gasteiger partial charge < -0.3 is 10.2 Å². The van der Waals surface area contributed by atoms with E-state index in [-0.39, 0.29) is 19.1 Å². The van der Waals surface area contributed by atoms with Crippen molar-refractivity contribution >= 4 is 5.91 Å². The highest BCUT2D eigenvalue weighted by atomic mass is 16.7. The van der Waals surface area contributed by atoms with Crippen LogP contribution in [-0.4, -0.2) is 35.4 Å². The lowest BCUT2D eigenvalue weighted by Gasteiger charge is -2.08. The van der Waals surface area contributed by atoms with Crippen LogP contribution in [0.3, 0.4) is 0 Å². The van der Waals surface area contributed by atoms with Crippen molar-refractivity contribution in [2.45, 2.75) is 103 Å². The van der Waals surface area contributed by atoms with Crippen molar-refractivity contribution in [2.75, 3.05) is 13.2 Å². The highest BCUT2D eigenvalue weighted by Crippen LogP contribution is 2.12. The molecule has 1 amide bonds. The van der Waals surface area contributed by atoms with E-state index >= 15 is 0 Å². The van der Waals surface area contributed by atoms with Crippen LogP contribution in [-0.2, 0) is 9.63 Å². The predicted molar refractivity (Wildman–Crippen MR) is 97.5 cm³/mol. The van der Waals surface area contributed by atoms with E-state index in [2.05, 4.69) is 12.4 Å². The molecule has 0 aliphatic heterocycles. The fraction of sp³-hybridized carbons (Fsp3) is 0.947. The maximum Gasteiger partial charge on any atom is 0.243 e. The Morgan fingerprint density at radius 3 is 1.79 bits per heavy atom. The molecule has 0 aromatic carbocycles. The highest BCUT2D eigenvalue weighted by Gasteiger charge is 2.04.